The first-order chi connectivity index (χ1) is 9.19. The largest absolute Gasteiger partial charge is 0.231 e. The molecule has 7 heteroatoms. The highest BCUT2D eigenvalue weighted by Crippen LogP contribution is 2.10. The maximum atomic E-state index is 5.56. The molecule has 0 aliphatic rings. The van der Waals surface area contributed by atoms with Crippen LogP contribution in [0.4, 0.5) is 0 Å². The van der Waals surface area contributed by atoms with E-state index in [9.17, 15) is 0 Å². The average Bonchev–Trinajstić information content (AvgIpc) is 2.48. The second-order valence-corrected chi connectivity index (χ2v) is 4.87. The zero-order chi connectivity index (χ0) is 14.1. The second kappa shape index (κ2) is 8.75. The first-order valence-electron chi connectivity index (χ1n) is 5.05. The molecule has 0 fully saturated rings. The van der Waals surface area contributed by atoms with E-state index in [-0.39, 0.29) is 0 Å². The van der Waals surface area contributed by atoms with Gasteiger partial charge in [-0.05, 0) is 24.6 Å². The minimum Gasteiger partial charge on any atom is -0.231 e. The molecule has 0 atom stereocenters. The molecule has 0 aliphatic carbocycles. The molecule has 0 saturated carbocycles. The Labute approximate surface area is 125 Å². The smallest absolute Gasteiger partial charge is 0.188 e. The summed E-state index contributed by atoms with van der Waals surface area (Å²) in [6.07, 6.45) is 12.2. The Hall–Kier alpha value is -1.29. The zero-order valence-electron chi connectivity index (χ0n) is 10.4. The molecule has 2 rings (SSSR count). The first kappa shape index (κ1) is 15.8. The number of hydrogen-bond acceptors (Lipinski definition) is 6. The average molecular weight is 311 g/mol. The van der Waals surface area contributed by atoms with Gasteiger partial charge in [0.25, 0.3) is 0 Å². The fourth-order valence-electron chi connectivity index (χ4n) is 0.938. The van der Waals surface area contributed by atoms with Gasteiger partial charge in [0.15, 0.2) is 10.3 Å². The molecule has 0 amide bonds. The standard InChI is InChI=1S/C7H6N2S.C5H5ClN2S/c1-3-6-4-5-8-7(9-6)10-2;1-9-5-7-3-2-4(6)8-5/h1,4-5H,2H3;2-3H,1H3. The topological polar surface area (TPSA) is 51.6 Å². The van der Waals surface area contributed by atoms with E-state index >= 15 is 0 Å². The van der Waals surface area contributed by atoms with Crippen molar-refractivity contribution < 1.29 is 0 Å². The van der Waals surface area contributed by atoms with Gasteiger partial charge in [-0.15, -0.1) is 6.42 Å². The molecular weight excluding hydrogens is 300 g/mol. The molecule has 0 bridgehead atoms. The van der Waals surface area contributed by atoms with Crippen LogP contribution in [0.3, 0.4) is 0 Å². The predicted molar refractivity (Wildman–Crippen MR) is 80.6 cm³/mol. The number of rotatable bonds is 2. The fraction of sp³-hybridized carbons (Fsp3) is 0.167. The number of thioether (sulfide) groups is 2. The number of aromatic nitrogens is 4. The minimum absolute atomic E-state index is 0.495. The van der Waals surface area contributed by atoms with E-state index in [1.54, 1.807) is 24.5 Å². The van der Waals surface area contributed by atoms with Crippen LogP contribution in [0.2, 0.25) is 5.15 Å². The van der Waals surface area contributed by atoms with Crippen LogP contribution in [0, 0.1) is 12.3 Å². The Morgan fingerprint density at radius 3 is 2.11 bits per heavy atom. The van der Waals surface area contributed by atoms with Crippen molar-refractivity contribution in [2.75, 3.05) is 12.5 Å². The van der Waals surface area contributed by atoms with Crippen LogP contribution >= 0.6 is 35.1 Å². The van der Waals surface area contributed by atoms with Gasteiger partial charge in [0.2, 0.25) is 0 Å². The predicted octanol–water partition coefficient (Wildman–Crippen LogP) is 3.03. The van der Waals surface area contributed by atoms with Crippen LogP contribution in [-0.2, 0) is 0 Å². The molecule has 2 aromatic rings. The summed E-state index contributed by atoms with van der Waals surface area (Å²) in [7, 11) is 0. The van der Waals surface area contributed by atoms with Gasteiger partial charge in [0.1, 0.15) is 10.8 Å². The van der Waals surface area contributed by atoms with E-state index in [1.165, 1.54) is 23.5 Å². The highest BCUT2D eigenvalue weighted by molar-refractivity contribution is 7.98. The summed E-state index contributed by atoms with van der Waals surface area (Å²) in [5, 5.41) is 1.92. The van der Waals surface area contributed by atoms with Crippen molar-refractivity contribution in [1.29, 1.82) is 0 Å². The lowest BCUT2D eigenvalue weighted by atomic mass is 10.4. The second-order valence-electron chi connectivity index (χ2n) is 2.94. The molecule has 98 valence electrons. The summed E-state index contributed by atoms with van der Waals surface area (Å²) >= 11 is 8.52. The Morgan fingerprint density at radius 1 is 1.05 bits per heavy atom. The molecule has 19 heavy (non-hydrogen) atoms. The zero-order valence-corrected chi connectivity index (χ0v) is 12.8. The van der Waals surface area contributed by atoms with Gasteiger partial charge in [-0.2, -0.15) is 0 Å². The molecule has 0 spiro atoms. The summed E-state index contributed by atoms with van der Waals surface area (Å²) < 4.78 is 0. The van der Waals surface area contributed by atoms with Crippen molar-refractivity contribution in [3.63, 3.8) is 0 Å². The third-order valence-electron chi connectivity index (χ3n) is 1.75. The lowest BCUT2D eigenvalue weighted by molar-refractivity contribution is 0.958. The normalized spacial score (nSPS) is 9.16. The maximum absolute atomic E-state index is 5.56. The summed E-state index contributed by atoms with van der Waals surface area (Å²) in [4.78, 5) is 15.8. The Bertz CT molecular complexity index is 572. The summed E-state index contributed by atoms with van der Waals surface area (Å²) in [6, 6.07) is 3.36. The molecule has 0 saturated heterocycles. The summed E-state index contributed by atoms with van der Waals surface area (Å²) in [5.74, 6) is 2.44. The monoisotopic (exact) mass is 310 g/mol. The van der Waals surface area contributed by atoms with E-state index in [4.69, 9.17) is 18.0 Å². The highest BCUT2D eigenvalue weighted by atomic mass is 35.5. The molecule has 4 nitrogen and oxygen atoms in total. The molecule has 0 radical (unpaired) electrons. The molecule has 0 aromatic carbocycles. The molecular formula is C12H11ClN4S2. The van der Waals surface area contributed by atoms with Crippen molar-refractivity contribution in [3.8, 4) is 12.3 Å². The van der Waals surface area contributed by atoms with Crippen LogP contribution in [0.25, 0.3) is 0 Å². The Morgan fingerprint density at radius 2 is 1.63 bits per heavy atom. The van der Waals surface area contributed by atoms with E-state index in [2.05, 4.69) is 25.9 Å². The summed E-state index contributed by atoms with van der Waals surface area (Å²) in [6.45, 7) is 0. The minimum atomic E-state index is 0.495. The Kier molecular flexibility index (Phi) is 7.26. The van der Waals surface area contributed by atoms with Gasteiger partial charge in [0.05, 0.1) is 0 Å². The lowest BCUT2D eigenvalue weighted by Gasteiger charge is -1.92. The van der Waals surface area contributed by atoms with Gasteiger partial charge in [-0.1, -0.05) is 41.0 Å². The maximum Gasteiger partial charge on any atom is 0.188 e. The van der Waals surface area contributed by atoms with Gasteiger partial charge in [-0.25, -0.2) is 19.9 Å². The molecule has 2 aromatic heterocycles. The molecule has 2 heterocycles. The van der Waals surface area contributed by atoms with E-state index in [1.807, 2.05) is 12.5 Å². The van der Waals surface area contributed by atoms with Crippen molar-refractivity contribution >= 4 is 35.1 Å². The Balaban J connectivity index is 0.000000191. The van der Waals surface area contributed by atoms with Gasteiger partial charge in [0, 0.05) is 12.4 Å². The van der Waals surface area contributed by atoms with Crippen LogP contribution < -0.4 is 0 Å². The SMILES string of the molecule is C#Cc1ccnc(SC)n1.CSc1nccc(Cl)n1. The lowest BCUT2D eigenvalue weighted by Crippen LogP contribution is -1.87. The first-order valence-corrected chi connectivity index (χ1v) is 7.88. The van der Waals surface area contributed by atoms with E-state index < -0.39 is 0 Å². The van der Waals surface area contributed by atoms with Crippen LogP contribution in [0.15, 0.2) is 34.8 Å². The van der Waals surface area contributed by atoms with Gasteiger partial charge < -0.3 is 0 Å². The third kappa shape index (κ3) is 5.92. The van der Waals surface area contributed by atoms with E-state index in [0.717, 1.165) is 5.16 Å². The van der Waals surface area contributed by atoms with Crippen LogP contribution in [0.1, 0.15) is 5.69 Å². The number of halogens is 1. The van der Waals surface area contributed by atoms with Crippen molar-refractivity contribution in [2.45, 2.75) is 10.3 Å². The molecule has 0 aliphatic heterocycles. The fourth-order valence-corrected chi connectivity index (χ4v) is 1.84. The highest BCUT2D eigenvalue weighted by Gasteiger charge is 1.92. The number of hydrogen-bond donors (Lipinski definition) is 0. The van der Waals surface area contributed by atoms with Crippen molar-refractivity contribution in [3.05, 3.63) is 35.4 Å². The summed E-state index contributed by atoms with van der Waals surface area (Å²) in [5.41, 5.74) is 0.638. The van der Waals surface area contributed by atoms with Crippen LogP contribution in [0.5, 0.6) is 0 Å². The quantitative estimate of drug-likeness (QED) is 0.368. The van der Waals surface area contributed by atoms with Crippen LogP contribution in [-0.4, -0.2) is 32.4 Å². The van der Waals surface area contributed by atoms with Gasteiger partial charge >= 0.3 is 0 Å². The van der Waals surface area contributed by atoms with Crippen molar-refractivity contribution in [1.82, 2.24) is 19.9 Å². The number of nitrogens with zero attached hydrogens (tertiary/aromatic N) is 4. The van der Waals surface area contributed by atoms with E-state index in [0.29, 0.717) is 16.0 Å². The number of terminal acetylenes is 1. The van der Waals surface area contributed by atoms with Crippen molar-refractivity contribution in [2.24, 2.45) is 0 Å². The third-order valence-corrected chi connectivity index (χ3v) is 3.08. The van der Waals surface area contributed by atoms with Gasteiger partial charge in [-0.3, -0.25) is 0 Å². The molecule has 0 unspecified atom stereocenters. The molecule has 0 N–H and O–H groups in total.